The molecule has 1 N–H and O–H groups in total. The maximum atomic E-state index is 12.6. The lowest BCUT2D eigenvalue weighted by molar-refractivity contribution is -0.122. The van der Waals surface area contributed by atoms with E-state index >= 15 is 0 Å². The molecule has 3 rings (SSSR count). The van der Waals surface area contributed by atoms with E-state index in [0.29, 0.717) is 6.54 Å². The van der Waals surface area contributed by atoms with Crippen molar-refractivity contribution in [1.82, 2.24) is 0 Å². The second-order valence-corrected chi connectivity index (χ2v) is 6.98. The van der Waals surface area contributed by atoms with Gasteiger partial charge in [-0.05, 0) is 62.6 Å². The Hall–Kier alpha value is -2.62. The van der Waals surface area contributed by atoms with Crippen LogP contribution in [0, 0.1) is 33.6 Å². The number of nitrogens with one attached hydrogen (secondary N) is 1. The van der Waals surface area contributed by atoms with E-state index in [1.807, 2.05) is 58.0 Å². The van der Waals surface area contributed by atoms with Crippen LogP contribution in [0.5, 0.6) is 0 Å². The fourth-order valence-corrected chi connectivity index (χ4v) is 3.29. The SMILES string of the molecule is Cc1ccc(N2C[C@@H](C(=O)Nc3ccc(C)c(C)c3)CC2=O)c(C)c1. The molecule has 1 saturated heterocycles. The molecule has 0 aromatic heterocycles. The topological polar surface area (TPSA) is 49.4 Å². The Balaban J connectivity index is 1.73. The van der Waals surface area contributed by atoms with E-state index < -0.39 is 0 Å². The highest BCUT2D eigenvalue weighted by molar-refractivity contribution is 6.03. The van der Waals surface area contributed by atoms with Crippen molar-refractivity contribution in [1.29, 1.82) is 0 Å². The number of amides is 2. The number of aryl methyl sites for hydroxylation is 4. The Kier molecular flexibility index (Phi) is 4.62. The van der Waals surface area contributed by atoms with E-state index in [9.17, 15) is 9.59 Å². The molecule has 1 heterocycles. The summed E-state index contributed by atoms with van der Waals surface area (Å²) in [6, 6.07) is 11.9. The van der Waals surface area contributed by atoms with Crippen LogP contribution < -0.4 is 10.2 Å². The minimum Gasteiger partial charge on any atom is -0.326 e. The number of carbonyl (C=O) groups is 2. The molecule has 0 radical (unpaired) electrons. The highest BCUT2D eigenvalue weighted by Crippen LogP contribution is 2.29. The van der Waals surface area contributed by atoms with E-state index in [-0.39, 0.29) is 24.2 Å². The summed E-state index contributed by atoms with van der Waals surface area (Å²) < 4.78 is 0. The van der Waals surface area contributed by atoms with Gasteiger partial charge in [0.1, 0.15) is 0 Å². The average Bonchev–Trinajstić information content (AvgIpc) is 2.93. The fourth-order valence-electron chi connectivity index (χ4n) is 3.29. The van der Waals surface area contributed by atoms with Crippen molar-refractivity contribution in [3.63, 3.8) is 0 Å². The first-order chi connectivity index (χ1) is 11.8. The number of anilines is 2. The third-order valence-corrected chi connectivity index (χ3v) is 4.91. The smallest absolute Gasteiger partial charge is 0.229 e. The molecule has 25 heavy (non-hydrogen) atoms. The van der Waals surface area contributed by atoms with E-state index in [1.54, 1.807) is 4.90 Å². The summed E-state index contributed by atoms with van der Waals surface area (Å²) in [5.74, 6) is -0.411. The molecule has 2 aromatic carbocycles. The van der Waals surface area contributed by atoms with Crippen molar-refractivity contribution in [2.75, 3.05) is 16.8 Å². The van der Waals surface area contributed by atoms with E-state index in [2.05, 4.69) is 11.4 Å². The Morgan fingerprint density at radius 1 is 1.00 bits per heavy atom. The van der Waals surface area contributed by atoms with Crippen molar-refractivity contribution >= 4 is 23.2 Å². The summed E-state index contributed by atoms with van der Waals surface area (Å²) in [6.07, 6.45) is 0.254. The summed E-state index contributed by atoms with van der Waals surface area (Å²) in [4.78, 5) is 26.7. The molecule has 1 fully saturated rings. The van der Waals surface area contributed by atoms with Crippen LogP contribution in [0.25, 0.3) is 0 Å². The first kappa shape index (κ1) is 17.2. The summed E-state index contributed by atoms with van der Waals surface area (Å²) in [6.45, 7) is 8.52. The van der Waals surface area contributed by atoms with Crippen LogP contribution >= 0.6 is 0 Å². The highest BCUT2D eigenvalue weighted by atomic mass is 16.2. The Morgan fingerprint density at radius 3 is 2.44 bits per heavy atom. The molecule has 0 spiro atoms. The highest BCUT2D eigenvalue weighted by Gasteiger charge is 2.35. The second-order valence-electron chi connectivity index (χ2n) is 6.98. The zero-order chi connectivity index (χ0) is 18.1. The zero-order valence-corrected chi connectivity index (χ0v) is 15.2. The van der Waals surface area contributed by atoms with Gasteiger partial charge in [0.15, 0.2) is 0 Å². The lowest BCUT2D eigenvalue weighted by atomic mass is 10.1. The average molecular weight is 336 g/mol. The lowest BCUT2D eigenvalue weighted by Gasteiger charge is -2.19. The Morgan fingerprint density at radius 2 is 1.76 bits per heavy atom. The summed E-state index contributed by atoms with van der Waals surface area (Å²) in [7, 11) is 0. The van der Waals surface area contributed by atoms with Crippen LogP contribution in [0.3, 0.4) is 0 Å². The van der Waals surface area contributed by atoms with Gasteiger partial charge >= 0.3 is 0 Å². The van der Waals surface area contributed by atoms with Crippen LogP contribution in [0.15, 0.2) is 36.4 Å². The van der Waals surface area contributed by atoms with Gasteiger partial charge in [-0.3, -0.25) is 9.59 Å². The summed E-state index contributed by atoms with van der Waals surface area (Å²) in [5, 5.41) is 2.95. The molecule has 4 nitrogen and oxygen atoms in total. The van der Waals surface area contributed by atoms with Crippen molar-refractivity contribution < 1.29 is 9.59 Å². The van der Waals surface area contributed by atoms with Crippen LogP contribution in [-0.2, 0) is 9.59 Å². The number of rotatable bonds is 3. The van der Waals surface area contributed by atoms with Gasteiger partial charge in [0.05, 0.1) is 5.92 Å². The van der Waals surface area contributed by atoms with Gasteiger partial charge in [0, 0.05) is 24.3 Å². The monoisotopic (exact) mass is 336 g/mol. The molecule has 2 aromatic rings. The molecule has 2 amide bonds. The molecule has 130 valence electrons. The Bertz CT molecular complexity index is 842. The fraction of sp³-hybridized carbons (Fsp3) is 0.333. The number of carbonyl (C=O) groups excluding carboxylic acids is 2. The molecule has 0 saturated carbocycles. The Labute approximate surface area is 148 Å². The molecule has 1 aliphatic rings. The third-order valence-electron chi connectivity index (χ3n) is 4.91. The number of benzene rings is 2. The first-order valence-electron chi connectivity index (χ1n) is 8.61. The predicted molar refractivity (Wildman–Crippen MR) is 101 cm³/mol. The van der Waals surface area contributed by atoms with E-state index in [0.717, 1.165) is 28.1 Å². The van der Waals surface area contributed by atoms with Crippen LogP contribution in [0.4, 0.5) is 11.4 Å². The van der Waals surface area contributed by atoms with Gasteiger partial charge in [0.25, 0.3) is 0 Å². The second kappa shape index (κ2) is 6.71. The van der Waals surface area contributed by atoms with Gasteiger partial charge < -0.3 is 10.2 Å². The largest absolute Gasteiger partial charge is 0.326 e. The maximum absolute atomic E-state index is 12.6. The zero-order valence-electron chi connectivity index (χ0n) is 15.2. The lowest BCUT2D eigenvalue weighted by Crippen LogP contribution is -2.28. The van der Waals surface area contributed by atoms with Crippen LogP contribution in [-0.4, -0.2) is 18.4 Å². The number of nitrogens with zero attached hydrogens (tertiary/aromatic N) is 1. The van der Waals surface area contributed by atoms with E-state index in [4.69, 9.17) is 0 Å². The first-order valence-corrected chi connectivity index (χ1v) is 8.61. The predicted octanol–water partition coefficient (Wildman–Crippen LogP) is 3.91. The van der Waals surface area contributed by atoms with Gasteiger partial charge in [0.2, 0.25) is 11.8 Å². The quantitative estimate of drug-likeness (QED) is 0.924. The van der Waals surface area contributed by atoms with Crippen molar-refractivity contribution in [2.24, 2.45) is 5.92 Å². The van der Waals surface area contributed by atoms with Gasteiger partial charge in [-0.1, -0.05) is 23.8 Å². The molecule has 0 aliphatic carbocycles. The van der Waals surface area contributed by atoms with Crippen molar-refractivity contribution in [3.8, 4) is 0 Å². The number of hydrogen-bond donors (Lipinski definition) is 1. The molecule has 0 unspecified atom stereocenters. The number of hydrogen-bond acceptors (Lipinski definition) is 2. The van der Waals surface area contributed by atoms with Gasteiger partial charge in [-0.15, -0.1) is 0 Å². The minimum atomic E-state index is -0.324. The summed E-state index contributed by atoms with van der Waals surface area (Å²) in [5.41, 5.74) is 6.23. The molecule has 4 heteroatoms. The minimum absolute atomic E-state index is 0.00666. The molecule has 1 atom stereocenters. The summed E-state index contributed by atoms with van der Waals surface area (Å²) >= 11 is 0. The van der Waals surface area contributed by atoms with Gasteiger partial charge in [-0.2, -0.15) is 0 Å². The van der Waals surface area contributed by atoms with Crippen LogP contribution in [0.1, 0.15) is 28.7 Å². The van der Waals surface area contributed by atoms with Gasteiger partial charge in [-0.25, -0.2) is 0 Å². The molecule has 0 bridgehead atoms. The molecular formula is C21H24N2O2. The van der Waals surface area contributed by atoms with Crippen molar-refractivity contribution in [2.45, 2.75) is 34.1 Å². The van der Waals surface area contributed by atoms with Crippen LogP contribution in [0.2, 0.25) is 0 Å². The van der Waals surface area contributed by atoms with Crippen molar-refractivity contribution in [3.05, 3.63) is 58.7 Å². The standard InChI is InChI=1S/C21H24N2O2/c1-13-5-8-19(16(4)9-13)23-12-17(11-20(23)24)21(25)22-18-7-6-14(2)15(3)10-18/h5-10,17H,11-12H2,1-4H3,(H,22,25)/t17-/m0/s1. The third kappa shape index (κ3) is 3.58. The molecule has 1 aliphatic heterocycles. The molecular weight excluding hydrogens is 312 g/mol. The van der Waals surface area contributed by atoms with E-state index in [1.165, 1.54) is 5.56 Å². The normalized spacial score (nSPS) is 17.0. The maximum Gasteiger partial charge on any atom is 0.229 e.